The lowest BCUT2D eigenvalue weighted by molar-refractivity contribution is 0.433. The van der Waals surface area contributed by atoms with Crippen LogP contribution in [-0.2, 0) is 6.42 Å². The molecule has 3 aromatic carbocycles. The molecule has 3 aromatic rings. The molecule has 0 unspecified atom stereocenters. The van der Waals surface area contributed by atoms with Crippen LogP contribution in [0.4, 0.5) is 17.6 Å². The molecular weight excluding hydrogens is 396 g/mol. The number of rotatable bonds is 5. The molecule has 0 saturated carbocycles. The Morgan fingerprint density at radius 3 is 1.70 bits per heavy atom. The summed E-state index contributed by atoms with van der Waals surface area (Å²) in [6, 6.07) is 8.79. The Hall–Kier alpha value is -3.28. The van der Waals surface area contributed by atoms with Gasteiger partial charge in [-0.2, -0.15) is 0 Å². The molecule has 0 bridgehead atoms. The van der Waals surface area contributed by atoms with Crippen LogP contribution in [0.3, 0.4) is 0 Å². The van der Waals surface area contributed by atoms with Crippen molar-refractivity contribution in [3.8, 4) is 11.5 Å². The minimum absolute atomic E-state index is 0.00722. The SMILES string of the molecule is CC(C)c1c(O)cc(/C(=C/c2cc(F)cc(F)c2)Cc2cc(F)cc(F)c2)cc1O. The van der Waals surface area contributed by atoms with Crippen molar-refractivity contribution in [3.05, 3.63) is 94.1 Å². The molecule has 156 valence electrons. The molecule has 0 atom stereocenters. The lowest BCUT2D eigenvalue weighted by Crippen LogP contribution is -1.97. The van der Waals surface area contributed by atoms with E-state index in [0.717, 1.165) is 36.4 Å². The molecule has 0 fully saturated rings. The van der Waals surface area contributed by atoms with Crippen molar-refractivity contribution in [2.24, 2.45) is 0 Å². The van der Waals surface area contributed by atoms with E-state index in [4.69, 9.17) is 0 Å². The van der Waals surface area contributed by atoms with Gasteiger partial charge >= 0.3 is 0 Å². The van der Waals surface area contributed by atoms with E-state index in [1.807, 2.05) is 0 Å². The van der Waals surface area contributed by atoms with Gasteiger partial charge in [-0.25, -0.2) is 17.6 Å². The van der Waals surface area contributed by atoms with E-state index in [9.17, 15) is 27.8 Å². The topological polar surface area (TPSA) is 40.5 Å². The van der Waals surface area contributed by atoms with Crippen LogP contribution in [0.15, 0.2) is 48.5 Å². The van der Waals surface area contributed by atoms with Crippen LogP contribution in [0.2, 0.25) is 0 Å². The van der Waals surface area contributed by atoms with E-state index in [1.165, 1.54) is 18.2 Å². The Labute approximate surface area is 171 Å². The molecule has 2 nitrogen and oxygen atoms in total. The average molecular weight is 416 g/mol. The number of allylic oxidation sites excluding steroid dienone is 1. The maximum Gasteiger partial charge on any atom is 0.126 e. The fourth-order valence-electron chi connectivity index (χ4n) is 3.43. The summed E-state index contributed by atoms with van der Waals surface area (Å²) in [6.07, 6.45) is 1.44. The van der Waals surface area contributed by atoms with Gasteiger partial charge in [0.05, 0.1) is 0 Å². The summed E-state index contributed by atoms with van der Waals surface area (Å²) in [4.78, 5) is 0. The lowest BCUT2D eigenvalue weighted by atomic mass is 9.92. The van der Waals surface area contributed by atoms with Crippen LogP contribution >= 0.6 is 0 Å². The highest BCUT2D eigenvalue weighted by molar-refractivity contribution is 5.84. The van der Waals surface area contributed by atoms with Gasteiger partial charge in [0.2, 0.25) is 0 Å². The molecular formula is C24H20F4O2. The second-order valence-electron chi connectivity index (χ2n) is 7.41. The zero-order valence-electron chi connectivity index (χ0n) is 16.4. The fourth-order valence-corrected chi connectivity index (χ4v) is 3.43. The molecule has 0 aliphatic carbocycles. The predicted octanol–water partition coefficient (Wildman–Crippen LogP) is 6.56. The van der Waals surface area contributed by atoms with Gasteiger partial charge in [0.1, 0.15) is 34.8 Å². The van der Waals surface area contributed by atoms with E-state index in [2.05, 4.69) is 0 Å². The van der Waals surface area contributed by atoms with E-state index in [0.29, 0.717) is 16.7 Å². The number of aromatic hydroxyl groups is 2. The second kappa shape index (κ2) is 8.61. The first-order chi connectivity index (χ1) is 14.1. The molecule has 0 amide bonds. The van der Waals surface area contributed by atoms with Crippen LogP contribution in [0.5, 0.6) is 11.5 Å². The summed E-state index contributed by atoms with van der Waals surface area (Å²) in [5.74, 6) is -3.54. The molecule has 3 rings (SSSR count). The zero-order chi connectivity index (χ0) is 22.0. The summed E-state index contributed by atoms with van der Waals surface area (Å²) in [7, 11) is 0. The van der Waals surface area contributed by atoms with Gasteiger partial charge in [0, 0.05) is 17.7 Å². The summed E-state index contributed by atoms with van der Waals surface area (Å²) in [6.45, 7) is 3.60. The monoisotopic (exact) mass is 416 g/mol. The van der Waals surface area contributed by atoms with Crippen LogP contribution in [-0.4, -0.2) is 10.2 Å². The van der Waals surface area contributed by atoms with E-state index in [1.54, 1.807) is 13.8 Å². The van der Waals surface area contributed by atoms with Crippen LogP contribution in [0, 0.1) is 23.3 Å². The quantitative estimate of drug-likeness (QED) is 0.365. The van der Waals surface area contributed by atoms with E-state index < -0.39 is 23.3 Å². The smallest absolute Gasteiger partial charge is 0.126 e. The Morgan fingerprint density at radius 1 is 0.767 bits per heavy atom. The van der Waals surface area contributed by atoms with Crippen molar-refractivity contribution >= 4 is 11.6 Å². The van der Waals surface area contributed by atoms with Crippen molar-refractivity contribution in [1.82, 2.24) is 0 Å². The molecule has 0 aromatic heterocycles. The van der Waals surface area contributed by atoms with Crippen molar-refractivity contribution < 1.29 is 27.8 Å². The normalized spacial score (nSPS) is 11.9. The van der Waals surface area contributed by atoms with Gasteiger partial charge < -0.3 is 10.2 Å². The number of halogens is 4. The molecule has 0 heterocycles. The van der Waals surface area contributed by atoms with Crippen LogP contribution in [0.1, 0.15) is 42.0 Å². The molecule has 0 aliphatic heterocycles. The first kappa shape index (κ1) is 21.4. The van der Waals surface area contributed by atoms with Crippen molar-refractivity contribution in [1.29, 1.82) is 0 Å². The third-order valence-electron chi connectivity index (χ3n) is 4.63. The number of phenolic OH excluding ortho intramolecular Hbond substituents is 2. The molecule has 0 aliphatic rings. The molecule has 0 saturated heterocycles. The number of hydrogen-bond acceptors (Lipinski definition) is 2. The minimum Gasteiger partial charge on any atom is -0.507 e. The van der Waals surface area contributed by atoms with E-state index >= 15 is 0 Å². The maximum absolute atomic E-state index is 13.6. The summed E-state index contributed by atoms with van der Waals surface area (Å²) >= 11 is 0. The largest absolute Gasteiger partial charge is 0.507 e. The summed E-state index contributed by atoms with van der Waals surface area (Å²) < 4.78 is 54.6. The third kappa shape index (κ3) is 5.00. The van der Waals surface area contributed by atoms with Gasteiger partial charge in [0.15, 0.2) is 0 Å². The van der Waals surface area contributed by atoms with Gasteiger partial charge in [-0.1, -0.05) is 19.9 Å². The third-order valence-corrected chi connectivity index (χ3v) is 4.63. The Kier molecular flexibility index (Phi) is 6.15. The number of benzene rings is 3. The maximum atomic E-state index is 13.6. The molecule has 2 N–H and O–H groups in total. The molecule has 30 heavy (non-hydrogen) atoms. The average Bonchev–Trinajstić information content (AvgIpc) is 2.58. The first-order valence-corrected chi connectivity index (χ1v) is 9.30. The van der Waals surface area contributed by atoms with Crippen molar-refractivity contribution in [2.75, 3.05) is 0 Å². The van der Waals surface area contributed by atoms with Gasteiger partial charge in [0.25, 0.3) is 0 Å². The van der Waals surface area contributed by atoms with E-state index in [-0.39, 0.29) is 35.0 Å². The lowest BCUT2D eigenvalue weighted by Gasteiger charge is -2.15. The summed E-state index contributed by atoms with van der Waals surface area (Å²) in [5, 5.41) is 20.7. The Balaban J connectivity index is 2.15. The Bertz CT molecular complexity index is 1060. The highest BCUT2D eigenvalue weighted by atomic mass is 19.1. The highest BCUT2D eigenvalue weighted by Crippen LogP contribution is 2.38. The summed E-state index contributed by atoms with van der Waals surface area (Å²) in [5.41, 5.74) is 1.56. The van der Waals surface area contributed by atoms with Crippen LogP contribution < -0.4 is 0 Å². The molecule has 0 spiro atoms. The Morgan fingerprint density at radius 2 is 1.23 bits per heavy atom. The van der Waals surface area contributed by atoms with Crippen molar-refractivity contribution in [2.45, 2.75) is 26.2 Å². The standard InChI is InChI=1S/C24H20F4O2/c1-13(2)24-22(29)9-17(10-23(24)30)16(3-14-5-18(25)11-19(26)6-14)4-15-7-20(27)12-21(28)8-15/h3,5-13,29-30H,4H2,1-2H3/b16-3+. The van der Waals surface area contributed by atoms with Crippen LogP contribution in [0.25, 0.3) is 11.6 Å². The molecule has 6 heteroatoms. The first-order valence-electron chi connectivity index (χ1n) is 9.30. The zero-order valence-corrected chi connectivity index (χ0v) is 16.4. The number of phenols is 2. The molecule has 0 radical (unpaired) electrons. The van der Waals surface area contributed by atoms with Crippen molar-refractivity contribution in [3.63, 3.8) is 0 Å². The van der Waals surface area contributed by atoms with Gasteiger partial charge in [-0.15, -0.1) is 0 Å². The van der Waals surface area contributed by atoms with Gasteiger partial charge in [-0.3, -0.25) is 0 Å². The minimum atomic E-state index is -0.779. The number of hydrogen-bond donors (Lipinski definition) is 2. The van der Waals surface area contributed by atoms with Gasteiger partial charge in [-0.05, 0) is 71.0 Å². The fraction of sp³-hybridized carbons (Fsp3) is 0.167. The predicted molar refractivity (Wildman–Crippen MR) is 108 cm³/mol. The second-order valence-corrected chi connectivity index (χ2v) is 7.41. The highest BCUT2D eigenvalue weighted by Gasteiger charge is 2.16.